The molecule has 3 heterocycles. The number of nitrogens with two attached hydrogens (primary N) is 1. The molecule has 5 amide bonds. The number of benzene rings is 1. The average Bonchev–Trinajstić information content (AvgIpc) is 2.98. The monoisotopic (exact) mass is 413 g/mol. The number of piperazine rings is 1. The van der Waals surface area contributed by atoms with Gasteiger partial charge in [0.25, 0.3) is 11.8 Å². The molecule has 2 fully saturated rings. The first kappa shape index (κ1) is 20.0. The zero-order chi connectivity index (χ0) is 21.4. The minimum absolute atomic E-state index is 0.0340. The van der Waals surface area contributed by atoms with Gasteiger partial charge in [-0.2, -0.15) is 0 Å². The van der Waals surface area contributed by atoms with Crippen molar-refractivity contribution in [1.29, 1.82) is 0 Å². The van der Waals surface area contributed by atoms with E-state index in [0.29, 0.717) is 39.1 Å². The van der Waals surface area contributed by atoms with Crippen molar-refractivity contribution in [3.8, 4) is 0 Å². The molecule has 30 heavy (non-hydrogen) atoms. The Bertz CT molecular complexity index is 938. The van der Waals surface area contributed by atoms with E-state index in [1.54, 1.807) is 23.1 Å². The Morgan fingerprint density at radius 1 is 1.03 bits per heavy atom. The lowest BCUT2D eigenvalue weighted by Gasteiger charge is -2.36. The number of fused-ring (bicyclic) bond motifs is 1. The fourth-order valence-electron chi connectivity index (χ4n) is 4.15. The second kappa shape index (κ2) is 7.86. The van der Waals surface area contributed by atoms with Crippen LogP contribution in [0.2, 0.25) is 0 Å². The van der Waals surface area contributed by atoms with Gasteiger partial charge in [0.05, 0.1) is 11.1 Å². The highest BCUT2D eigenvalue weighted by Gasteiger charge is 2.44. The van der Waals surface area contributed by atoms with E-state index in [-0.39, 0.29) is 29.9 Å². The van der Waals surface area contributed by atoms with E-state index in [4.69, 9.17) is 5.73 Å². The molecule has 3 N–H and O–H groups in total. The highest BCUT2D eigenvalue weighted by Crippen LogP contribution is 2.31. The molecule has 4 rings (SSSR count). The van der Waals surface area contributed by atoms with Crippen LogP contribution >= 0.6 is 0 Å². The molecule has 1 unspecified atom stereocenters. The number of amides is 5. The van der Waals surface area contributed by atoms with E-state index in [9.17, 15) is 24.0 Å². The zero-order valence-electron chi connectivity index (χ0n) is 16.4. The van der Waals surface area contributed by atoms with Gasteiger partial charge >= 0.3 is 0 Å². The van der Waals surface area contributed by atoms with Crippen molar-refractivity contribution < 1.29 is 24.0 Å². The van der Waals surface area contributed by atoms with Gasteiger partial charge in [0.1, 0.15) is 6.04 Å². The molecule has 1 atom stereocenters. The van der Waals surface area contributed by atoms with Crippen molar-refractivity contribution in [3.63, 3.8) is 0 Å². The van der Waals surface area contributed by atoms with E-state index < -0.39 is 29.7 Å². The number of rotatable bonds is 4. The Balaban J connectivity index is 1.50. The van der Waals surface area contributed by atoms with Crippen molar-refractivity contribution in [2.45, 2.75) is 25.3 Å². The predicted molar refractivity (Wildman–Crippen MR) is 106 cm³/mol. The highest BCUT2D eigenvalue weighted by molar-refractivity contribution is 6.23. The molecule has 10 nitrogen and oxygen atoms in total. The zero-order valence-corrected chi connectivity index (χ0v) is 16.4. The van der Waals surface area contributed by atoms with Gasteiger partial charge in [-0.1, -0.05) is 0 Å². The molecular formula is C20H23N5O5. The second-order valence-corrected chi connectivity index (χ2v) is 7.58. The van der Waals surface area contributed by atoms with Crippen LogP contribution in [0.3, 0.4) is 0 Å². The summed E-state index contributed by atoms with van der Waals surface area (Å²) in [6.07, 6.45) is 0.537. The first-order chi connectivity index (χ1) is 14.4. The van der Waals surface area contributed by atoms with Gasteiger partial charge in [0.15, 0.2) is 0 Å². The number of carbonyl (C=O) groups excluding carboxylic acids is 5. The third kappa shape index (κ3) is 3.43. The van der Waals surface area contributed by atoms with Crippen LogP contribution < -0.4 is 16.0 Å². The summed E-state index contributed by atoms with van der Waals surface area (Å²) in [5.41, 5.74) is 6.74. The Morgan fingerprint density at radius 2 is 1.73 bits per heavy atom. The first-order valence-corrected chi connectivity index (χ1v) is 9.99. The summed E-state index contributed by atoms with van der Waals surface area (Å²) in [4.78, 5) is 66.0. The molecule has 0 spiro atoms. The first-order valence-electron chi connectivity index (χ1n) is 9.99. The molecule has 0 bridgehead atoms. The number of nitrogens with zero attached hydrogens (tertiary/aromatic N) is 3. The molecule has 1 aromatic rings. The molecule has 0 saturated carbocycles. The van der Waals surface area contributed by atoms with Crippen LogP contribution in [0.5, 0.6) is 0 Å². The summed E-state index contributed by atoms with van der Waals surface area (Å²) in [6, 6.07) is 4.06. The number of carbonyl (C=O) groups is 5. The third-order valence-corrected chi connectivity index (χ3v) is 5.78. The van der Waals surface area contributed by atoms with Gasteiger partial charge in [-0.3, -0.25) is 34.2 Å². The standard InChI is InChI=1S/C20H23N5O5/c21-6-5-17(27)24-9-7-23(8-10-24)12-1-2-13-14(11-12)20(30)25(19(13)29)15-3-4-16(26)22-18(15)28/h1-2,11,15H,3-10,21H2,(H,22,26,28). The van der Waals surface area contributed by atoms with Crippen molar-refractivity contribution in [2.24, 2.45) is 5.73 Å². The van der Waals surface area contributed by atoms with Gasteiger partial charge in [-0.15, -0.1) is 0 Å². The molecular weight excluding hydrogens is 390 g/mol. The molecule has 1 aromatic carbocycles. The number of imide groups is 2. The molecule has 3 aliphatic rings. The van der Waals surface area contributed by atoms with E-state index >= 15 is 0 Å². The number of anilines is 1. The normalized spacial score (nSPS) is 21.8. The molecule has 2 saturated heterocycles. The van der Waals surface area contributed by atoms with Crippen LogP contribution in [0.1, 0.15) is 40.0 Å². The van der Waals surface area contributed by atoms with Crippen molar-refractivity contribution in [1.82, 2.24) is 15.1 Å². The Morgan fingerprint density at radius 3 is 2.40 bits per heavy atom. The summed E-state index contributed by atoms with van der Waals surface area (Å²) < 4.78 is 0. The van der Waals surface area contributed by atoms with E-state index in [1.165, 1.54) is 0 Å². The van der Waals surface area contributed by atoms with Crippen LogP contribution in [-0.4, -0.2) is 78.1 Å². The molecule has 3 aliphatic heterocycles. The van der Waals surface area contributed by atoms with Crippen molar-refractivity contribution in [2.75, 3.05) is 37.6 Å². The van der Waals surface area contributed by atoms with E-state index in [1.807, 2.05) is 0 Å². The summed E-state index contributed by atoms with van der Waals surface area (Å²) in [6.45, 7) is 2.66. The Labute approximate surface area is 172 Å². The maximum Gasteiger partial charge on any atom is 0.262 e. The summed E-state index contributed by atoms with van der Waals surface area (Å²) in [5.74, 6) is -2.04. The fraction of sp³-hybridized carbons (Fsp3) is 0.450. The number of piperidine rings is 1. The van der Waals surface area contributed by atoms with Gasteiger partial charge in [-0.25, -0.2) is 0 Å². The van der Waals surface area contributed by atoms with E-state index in [0.717, 1.165) is 10.6 Å². The number of hydrogen-bond acceptors (Lipinski definition) is 7. The average molecular weight is 413 g/mol. The highest BCUT2D eigenvalue weighted by atomic mass is 16.2. The van der Waals surface area contributed by atoms with Crippen LogP contribution in [0.4, 0.5) is 5.69 Å². The van der Waals surface area contributed by atoms with E-state index in [2.05, 4.69) is 10.2 Å². The lowest BCUT2D eigenvalue weighted by Crippen LogP contribution is -2.54. The van der Waals surface area contributed by atoms with Crippen molar-refractivity contribution in [3.05, 3.63) is 29.3 Å². The van der Waals surface area contributed by atoms with Gasteiger partial charge in [0.2, 0.25) is 17.7 Å². The smallest absolute Gasteiger partial charge is 0.262 e. The second-order valence-electron chi connectivity index (χ2n) is 7.58. The topological polar surface area (TPSA) is 133 Å². The molecule has 158 valence electrons. The van der Waals surface area contributed by atoms with Crippen LogP contribution in [-0.2, 0) is 14.4 Å². The minimum atomic E-state index is -0.976. The maximum atomic E-state index is 12.9. The van der Waals surface area contributed by atoms with Gasteiger partial charge in [-0.05, 0) is 24.6 Å². The quantitative estimate of drug-likeness (QED) is 0.610. The third-order valence-electron chi connectivity index (χ3n) is 5.78. The molecule has 10 heteroatoms. The number of hydrogen-bond donors (Lipinski definition) is 2. The van der Waals surface area contributed by atoms with Crippen molar-refractivity contribution >= 4 is 35.2 Å². The van der Waals surface area contributed by atoms with Gasteiger partial charge in [0, 0.05) is 51.3 Å². The largest absolute Gasteiger partial charge is 0.368 e. The maximum absolute atomic E-state index is 12.9. The summed E-state index contributed by atoms with van der Waals surface area (Å²) in [7, 11) is 0. The SMILES string of the molecule is NCCC(=O)N1CCN(c2ccc3c(c2)C(=O)N(C2CCC(=O)NC2=O)C3=O)CC1. The minimum Gasteiger partial charge on any atom is -0.368 e. The summed E-state index contributed by atoms with van der Waals surface area (Å²) >= 11 is 0. The van der Waals surface area contributed by atoms with Crippen LogP contribution in [0, 0.1) is 0 Å². The molecule has 0 aliphatic carbocycles. The molecule has 0 radical (unpaired) electrons. The summed E-state index contributed by atoms with van der Waals surface area (Å²) in [5, 5.41) is 2.19. The van der Waals surface area contributed by atoms with Gasteiger partial charge < -0.3 is 15.5 Å². The predicted octanol–water partition coefficient (Wildman–Crippen LogP) is -0.915. The number of nitrogens with one attached hydrogen (secondary N) is 1. The Hall–Kier alpha value is -3.27. The lowest BCUT2D eigenvalue weighted by molar-refractivity contribution is -0.136. The van der Waals surface area contributed by atoms with Crippen LogP contribution in [0.25, 0.3) is 0 Å². The molecule has 0 aromatic heterocycles. The fourth-order valence-corrected chi connectivity index (χ4v) is 4.15. The lowest BCUT2D eigenvalue weighted by atomic mass is 10.0. The Kier molecular flexibility index (Phi) is 5.25. The van der Waals surface area contributed by atoms with Crippen LogP contribution in [0.15, 0.2) is 18.2 Å².